The number of alkyl halides is 3. The van der Waals surface area contributed by atoms with E-state index < -0.39 is 47.5 Å². The van der Waals surface area contributed by atoms with Gasteiger partial charge in [-0.25, -0.2) is 14.9 Å². The number of carbonyl (C=O) groups excluding carboxylic acids is 1. The Morgan fingerprint density at radius 1 is 1.38 bits per heavy atom. The molecule has 0 amide bonds. The molecule has 0 aromatic heterocycles. The van der Waals surface area contributed by atoms with E-state index >= 15 is 0 Å². The first kappa shape index (κ1) is 22.8. The Labute approximate surface area is 182 Å². The minimum atomic E-state index is -4.50. The number of nitrogens with zero attached hydrogens (tertiary/aromatic N) is 3. The Kier molecular flexibility index (Phi) is 5.60. The van der Waals surface area contributed by atoms with Gasteiger partial charge in [-0.1, -0.05) is 13.8 Å². The van der Waals surface area contributed by atoms with E-state index in [2.05, 4.69) is 10.3 Å². The molecule has 1 spiro atoms. The Balaban J connectivity index is 1.64. The number of hydrogen-bond donors (Lipinski definition) is 4. The molecule has 1 aromatic rings. The maximum absolute atomic E-state index is 12.8. The van der Waals surface area contributed by atoms with E-state index in [4.69, 9.17) is 10.5 Å². The molecular formula is C20H26F3N5O4. The van der Waals surface area contributed by atoms with Crippen molar-refractivity contribution in [2.75, 3.05) is 13.3 Å². The van der Waals surface area contributed by atoms with Crippen LogP contribution in [0, 0.1) is 5.92 Å². The Morgan fingerprint density at radius 3 is 2.59 bits per heavy atom. The first-order valence-corrected chi connectivity index (χ1v) is 10.4. The number of aliphatic imine (C=N–C) groups is 1. The number of aliphatic hydroxyl groups excluding tert-OH is 1. The molecule has 32 heavy (non-hydrogen) atoms. The minimum absolute atomic E-state index is 0.00613. The summed E-state index contributed by atoms with van der Waals surface area (Å²) in [6, 6.07) is 2.42. The van der Waals surface area contributed by atoms with Crippen LogP contribution in [-0.2, 0) is 10.9 Å². The number of ether oxygens (including phenoxy) is 1. The highest BCUT2D eigenvalue weighted by atomic mass is 19.4. The summed E-state index contributed by atoms with van der Waals surface area (Å²) in [4.78, 5) is 19.1. The molecule has 3 heterocycles. The van der Waals surface area contributed by atoms with E-state index in [0.717, 1.165) is 29.3 Å². The van der Waals surface area contributed by atoms with E-state index in [1.54, 1.807) is 6.92 Å². The molecule has 1 aromatic carbocycles. The number of aliphatic hydroxyl groups is 1. The summed E-state index contributed by atoms with van der Waals surface area (Å²) in [5.41, 5.74) is 3.94. The summed E-state index contributed by atoms with van der Waals surface area (Å²) in [5.74, 6) is -1.34. The highest BCUT2D eigenvalue weighted by Gasteiger charge is 2.70. The second-order valence-corrected chi connectivity index (χ2v) is 8.36. The molecule has 176 valence electrons. The van der Waals surface area contributed by atoms with E-state index in [0.29, 0.717) is 13.1 Å². The molecule has 0 aliphatic carbocycles. The zero-order valence-electron chi connectivity index (χ0n) is 17.6. The van der Waals surface area contributed by atoms with E-state index in [9.17, 15) is 28.3 Å². The molecule has 3 aliphatic rings. The minimum Gasteiger partial charge on any atom is -0.457 e. The maximum Gasteiger partial charge on any atom is 0.416 e. The summed E-state index contributed by atoms with van der Waals surface area (Å²) in [5, 5.41) is 24.8. The largest absolute Gasteiger partial charge is 0.457 e. The highest BCUT2D eigenvalue weighted by molar-refractivity contribution is 5.89. The average molecular weight is 457 g/mol. The number of nitrogens with one attached hydrogen (secondary N) is 1. The maximum atomic E-state index is 12.8. The average Bonchev–Trinajstić information content (AvgIpc) is 3.17. The van der Waals surface area contributed by atoms with Gasteiger partial charge in [-0.3, -0.25) is 15.4 Å². The monoisotopic (exact) mass is 457 g/mol. The zero-order valence-corrected chi connectivity index (χ0v) is 17.6. The van der Waals surface area contributed by atoms with Crippen molar-refractivity contribution in [2.45, 2.75) is 56.3 Å². The van der Waals surface area contributed by atoms with Gasteiger partial charge in [0.1, 0.15) is 12.1 Å². The quantitative estimate of drug-likeness (QED) is 0.493. The van der Waals surface area contributed by atoms with Crippen LogP contribution >= 0.6 is 0 Å². The van der Waals surface area contributed by atoms with Crippen molar-refractivity contribution in [2.24, 2.45) is 16.6 Å². The van der Waals surface area contributed by atoms with Gasteiger partial charge >= 0.3 is 12.1 Å². The summed E-state index contributed by atoms with van der Waals surface area (Å²) < 4.78 is 44.3. The summed E-state index contributed by atoms with van der Waals surface area (Å²) in [7, 11) is 0. The molecule has 6 atom stereocenters. The Bertz CT molecular complexity index is 911. The third-order valence-corrected chi connectivity index (χ3v) is 6.88. The molecule has 12 heteroatoms. The van der Waals surface area contributed by atoms with Crippen LogP contribution in [-0.4, -0.2) is 75.4 Å². The first-order valence-electron chi connectivity index (χ1n) is 10.4. The van der Waals surface area contributed by atoms with Gasteiger partial charge in [-0.2, -0.15) is 13.2 Å². The fraction of sp³-hybridized carbons (Fsp3) is 0.600. The Hall–Kier alpha value is -2.41. The van der Waals surface area contributed by atoms with Gasteiger partial charge in [0, 0.05) is 5.92 Å². The van der Waals surface area contributed by atoms with Crippen molar-refractivity contribution in [3.63, 3.8) is 0 Å². The molecule has 3 aliphatic heterocycles. The van der Waals surface area contributed by atoms with Crippen molar-refractivity contribution < 1.29 is 33.0 Å². The fourth-order valence-corrected chi connectivity index (χ4v) is 5.38. The molecule has 5 N–H and O–H groups in total. The first-order chi connectivity index (χ1) is 15.1. The van der Waals surface area contributed by atoms with Crippen LogP contribution in [0.4, 0.5) is 13.2 Å². The normalized spacial score (nSPS) is 34.8. The molecule has 9 nitrogen and oxygen atoms in total. The highest BCUT2D eigenvalue weighted by Crippen LogP contribution is 2.50. The van der Waals surface area contributed by atoms with Crippen LogP contribution in [0.5, 0.6) is 0 Å². The lowest BCUT2D eigenvalue weighted by Crippen LogP contribution is -2.74. The second kappa shape index (κ2) is 7.87. The molecular weight excluding hydrogens is 431 g/mol. The number of carbonyl (C=O) groups is 1. The van der Waals surface area contributed by atoms with Crippen molar-refractivity contribution in [1.82, 2.24) is 15.3 Å². The molecule has 0 saturated carbocycles. The van der Waals surface area contributed by atoms with Crippen LogP contribution < -0.4 is 11.1 Å². The molecule has 2 fully saturated rings. The third kappa shape index (κ3) is 3.16. The van der Waals surface area contributed by atoms with E-state index in [1.165, 1.54) is 0 Å². The van der Waals surface area contributed by atoms with Crippen molar-refractivity contribution in [1.29, 1.82) is 0 Å². The number of guanidine groups is 1. The smallest absolute Gasteiger partial charge is 0.416 e. The molecule has 6 unspecified atom stereocenters. The van der Waals surface area contributed by atoms with Crippen LogP contribution in [0.3, 0.4) is 0 Å². The molecule has 4 rings (SSSR count). The lowest BCUT2D eigenvalue weighted by molar-refractivity contribution is -0.202. The number of benzene rings is 1. The van der Waals surface area contributed by atoms with Crippen LogP contribution in [0.2, 0.25) is 0 Å². The van der Waals surface area contributed by atoms with Crippen molar-refractivity contribution in [3.05, 3.63) is 35.4 Å². The number of hydroxylamine groups is 2. The van der Waals surface area contributed by atoms with Gasteiger partial charge in [-0.05, 0) is 30.7 Å². The van der Waals surface area contributed by atoms with Gasteiger partial charge in [-0.15, -0.1) is 0 Å². The fourth-order valence-electron chi connectivity index (χ4n) is 5.38. The summed E-state index contributed by atoms with van der Waals surface area (Å²) >= 11 is 0. The lowest BCUT2D eigenvalue weighted by atomic mass is 9.82. The standard InChI is InChI=1S/C20H26F3N5O4/c1-3-14-15(32-17(30)11-4-6-12(7-5-11)20(21,22)23)10(2)19-16(26-18(24)28(19)31)13(8-29)25-9-27(14)19/h4-7,10,13-16,25,29,31H,3,8-9H2,1-2H3,(H2,24,26). The van der Waals surface area contributed by atoms with Crippen LogP contribution in [0.1, 0.15) is 36.2 Å². The van der Waals surface area contributed by atoms with Gasteiger partial charge in [0.15, 0.2) is 5.66 Å². The van der Waals surface area contributed by atoms with Crippen molar-refractivity contribution in [3.8, 4) is 0 Å². The summed E-state index contributed by atoms with van der Waals surface area (Å²) in [6.45, 7) is 3.77. The lowest BCUT2D eigenvalue weighted by Gasteiger charge is -2.51. The van der Waals surface area contributed by atoms with Gasteiger partial charge in [0.05, 0.1) is 36.5 Å². The topological polar surface area (TPSA) is 124 Å². The summed E-state index contributed by atoms with van der Waals surface area (Å²) in [6.07, 6.45) is -4.65. The van der Waals surface area contributed by atoms with Gasteiger partial charge in [0.25, 0.3) is 0 Å². The van der Waals surface area contributed by atoms with Crippen LogP contribution in [0.15, 0.2) is 29.3 Å². The predicted molar refractivity (Wildman–Crippen MR) is 106 cm³/mol. The number of hydrogen-bond acceptors (Lipinski definition) is 9. The number of esters is 1. The number of rotatable bonds is 4. The number of nitrogens with two attached hydrogens (primary N) is 1. The molecule has 0 radical (unpaired) electrons. The molecule has 0 bridgehead atoms. The third-order valence-electron chi connectivity index (χ3n) is 6.88. The van der Waals surface area contributed by atoms with Crippen molar-refractivity contribution >= 4 is 11.9 Å². The van der Waals surface area contributed by atoms with E-state index in [1.807, 2.05) is 11.8 Å². The van der Waals surface area contributed by atoms with E-state index in [-0.39, 0.29) is 24.2 Å². The Morgan fingerprint density at radius 2 is 2.03 bits per heavy atom. The van der Waals surface area contributed by atoms with Gasteiger partial charge < -0.3 is 15.6 Å². The second-order valence-electron chi connectivity index (χ2n) is 8.36. The zero-order chi connectivity index (χ0) is 23.4. The molecule has 2 saturated heterocycles. The van der Waals surface area contributed by atoms with Gasteiger partial charge in [0.2, 0.25) is 5.96 Å². The SMILES string of the molecule is CCC1C(OC(=O)c2ccc(C(F)(F)F)cc2)C(C)C23C(N=C(N)N2O)C(CO)NCN13. The predicted octanol–water partition coefficient (Wildman–Crippen LogP) is 0.967. The van der Waals surface area contributed by atoms with Crippen LogP contribution in [0.25, 0.3) is 0 Å². The number of halogens is 3.